The van der Waals surface area contributed by atoms with E-state index in [0.717, 1.165) is 0 Å². The molecule has 1 heteroatoms. The molecule has 0 heterocycles. The van der Waals surface area contributed by atoms with E-state index in [4.69, 9.17) is 0 Å². The zero-order valence-corrected chi connectivity index (χ0v) is 22.0. The van der Waals surface area contributed by atoms with Crippen molar-refractivity contribution >= 4 is 18.5 Å². The molecule has 0 aliphatic heterocycles. The molecule has 35 heavy (non-hydrogen) atoms. The van der Waals surface area contributed by atoms with Gasteiger partial charge in [0.2, 0.25) is 0 Å². The van der Waals surface area contributed by atoms with Gasteiger partial charge in [-0.3, -0.25) is 0 Å². The second kappa shape index (κ2) is 8.36. The Kier molecular flexibility index (Phi) is 5.27. The highest BCUT2D eigenvalue weighted by atomic mass is 28.3. The minimum atomic E-state index is -2.00. The Morgan fingerprint density at radius 3 is 1.20 bits per heavy atom. The molecule has 4 aromatic rings. The van der Waals surface area contributed by atoms with Gasteiger partial charge in [-0.1, -0.05) is 133 Å². The van der Waals surface area contributed by atoms with E-state index in [9.17, 15) is 0 Å². The first-order valence-electron chi connectivity index (χ1n) is 12.7. The molecule has 0 aromatic heterocycles. The number of allylic oxidation sites excluding steroid dienone is 2. The van der Waals surface area contributed by atoms with Crippen molar-refractivity contribution in [1.29, 1.82) is 0 Å². The molecule has 2 unspecified atom stereocenters. The van der Waals surface area contributed by atoms with Crippen LogP contribution in [0, 0.1) is 13.8 Å². The van der Waals surface area contributed by atoms with Gasteiger partial charge in [-0.2, -0.15) is 0 Å². The van der Waals surface area contributed by atoms with Crippen molar-refractivity contribution in [3.63, 3.8) is 0 Å². The van der Waals surface area contributed by atoms with Gasteiger partial charge in [0.05, 0.1) is 0 Å². The van der Waals surface area contributed by atoms with Gasteiger partial charge in [-0.05, 0) is 58.4 Å². The average Bonchev–Trinajstić information content (AvgIpc) is 3.45. The molecule has 0 saturated carbocycles. The van der Waals surface area contributed by atoms with Crippen molar-refractivity contribution in [2.45, 2.75) is 38.8 Å². The third-order valence-corrected chi connectivity index (χ3v) is 11.8. The summed E-state index contributed by atoms with van der Waals surface area (Å²) < 4.78 is 0. The van der Waals surface area contributed by atoms with Crippen molar-refractivity contribution in [3.8, 4) is 0 Å². The van der Waals surface area contributed by atoms with Gasteiger partial charge >= 0.3 is 0 Å². The summed E-state index contributed by atoms with van der Waals surface area (Å²) in [6.07, 6.45) is 5.20. The summed E-state index contributed by atoms with van der Waals surface area (Å²) in [6.45, 7) is 9.60. The minimum absolute atomic E-state index is 0.332. The maximum absolute atomic E-state index is 2.60. The number of hydrogen-bond acceptors (Lipinski definition) is 0. The summed E-state index contributed by atoms with van der Waals surface area (Å²) in [5.74, 6) is 0.664. The van der Waals surface area contributed by atoms with Crippen LogP contribution in [-0.4, -0.2) is 8.07 Å². The molecule has 0 nitrogen and oxygen atoms in total. The second-order valence-electron chi connectivity index (χ2n) is 10.6. The van der Waals surface area contributed by atoms with E-state index in [1.54, 1.807) is 10.4 Å². The van der Waals surface area contributed by atoms with Gasteiger partial charge in [0.1, 0.15) is 8.07 Å². The molecule has 0 spiro atoms. The van der Waals surface area contributed by atoms with Crippen LogP contribution in [0.4, 0.5) is 0 Å². The quantitative estimate of drug-likeness (QED) is 0.262. The maximum Gasteiger partial charge on any atom is 0.113 e. The summed E-state index contributed by atoms with van der Waals surface area (Å²) >= 11 is 0. The highest BCUT2D eigenvalue weighted by Gasteiger charge is 2.41. The smallest absolute Gasteiger partial charge is 0.0723 e. The van der Waals surface area contributed by atoms with Crippen molar-refractivity contribution in [2.24, 2.45) is 0 Å². The summed E-state index contributed by atoms with van der Waals surface area (Å²) in [7, 11) is -2.00. The summed E-state index contributed by atoms with van der Waals surface area (Å²) in [5, 5.41) is 3.15. The third kappa shape index (κ3) is 3.49. The van der Waals surface area contributed by atoms with Crippen molar-refractivity contribution in [2.75, 3.05) is 0 Å². The van der Waals surface area contributed by atoms with E-state index in [1.807, 2.05) is 0 Å². The Morgan fingerprint density at radius 1 is 0.457 bits per heavy atom. The first-order valence-corrected chi connectivity index (χ1v) is 15.7. The Balaban J connectivity index is 1.51. The molecular formula is C34H32Si. The van der Waals surface area contributed by atoms with Gasteiger partial charge in [0.25, 0.3) is 0 Å². The van der Waals surface area contributed by atoms with E-state index < -0.39 is 8.07 Å². The molecule has 2 aliphatic rings. The molecule has 0 bridgehead atoms. The van der Waals surface area contributed by atoms with Crippen LogP contribution in [0.3, 0.4) is 0 Å². The molecule has 6 rings (SSSR count). The Hall–Kier alpha value is -3.42. The monoisotopic (exact) mass is 468 g/mol. The number of rotatable bonds is 4. The second-order valence-corrected chi connectivity index (χ2v) is 15.0. The normalized spacial score (nSPS) is 18.6. The topological polar surface area (TPSA) is 0 Å². The van der Waals surface area contributed by atoms with E-state index in [2.05, 4.69) is 136 Å². The molecular weight excluding hydrogens is 436 g/mol. The van der Waals surface area contributed by atoms with Crippen LogP contribution in [0.15, 0.2) is 109 Å². The predicted molar refractivity (Wildman–Crippen MR) is 152 cm³/mol. The lowest BCUT2D eigenvalue weighted by Crippen LogP contribution is -2.29. The summed E-state index contributed by atoms with van der Waals surface area (Å²) in [6, 6.07) is 36.0. The van der Waals surface area contributed by atoms with Gasteiger partial charge in [-0.15, -0.1) is 0 Å². The highest BCUT2D eigenvalue weighted by molar-refractivity contribution is 7.08. The zero-order valence-electron chi connectivity index (χ0n) is 21.0. The zero-order chi connectivity index (χ0) is 24.2. The molecule has 0 amide bonds. The van der Waals surface area contributed by atoms with Crippen LogP contribution < -0.4 is 0 Å². The van der Waals surface area contributed by atoms with Crippen LogP contribution in [0.1, 0.15) is 56.3 Å². The lowest BCUT2D eigenvalue weighted by molar-refractivity contribution is 1.03. The largest absolute Gasteiger partial charge is 0.113 e. The molecule has 2 atom stereocenters. The molecule has 2 aliphatic carbocycles. The Labute approximate surface area is 210 Å². The van der Waals surface area contributed by atoms with Gasteiger partial charge in [0.15, 0.2) is 0 Å². The van der Waals surface area contributed by atoms with Gasteiger partial charge in [-0.25, -0.2) is 0 Å². The van der Waals surface area contributed by atoms with Crippen LogP contribution in [0.2, 0.25) is 13.1 Å². The summed E-state index contributed by atoms with van der Waals surface area (Å²) in [5.41, 5.74) is 11.4. The van der Waals surface area contributed by atoms with Crippen LogP contribution in [-0.2, 0) is 0 Å². The number of hydrogen-bond donors (Lipinski definition) is 0. The standard InChI is InChI=1S/C34H32Si/c1-23-13-5-7-15-25(23)31-21-33(29-19-11-9-17-27(29)31)35(3,4)34-22-32(26-16-8-6-14-24(26)2)28-18-10-12-20-30(28)34/h5-22,31-32H,1-4H3. The van der Waals surface area contributed by atoms with E-state index in [1.165, 1.54) is 44.5 Å². The Bertz CT molecular complexity index is 1390. The van der Waals surface area contributed by atoms with Gasteiger partial charge < -0.3 is 0 Å². The molecule has 172 valence electrons. The fourth-order valence-electron chi connectivity index (χ4n) is 6.34. The van der Waals surface area contributed by atoms with E-state index in [0.29, 0.717) is 11.8 Å². The lowest BCUT2D eigenvalue weighted by atomic mass is 9.90. The molecule has 0 saturated heterocycles. The molecule has 0 radical (unpaired) electrons. The fraction of sp³-hybridized carbons (Fsp3) is 0.176. The SMILES string of the molecule is Cc1ccccc1C1C=C([Si](C)(C)C2=CC(c3ccccc3C)c3ccccc32)c2ccccc21. The fourth-order valence-corrected chi connectivity index (χ4v) is 9.60. The molecule has 4 aromatic carbocycles. The predicted octanol–water partition coefficient (Wildman–Crippen LogP) is 8.85. The van der Waals surface area contributed by atoms with Crippen molar-refractivity contribution in [3.05, 3.63) is 154 Å². The minimum Gasteiger partial charge on any atom is -0.0723 e. The number of fused-ring (bicyclic) bond motifs is 2. The number of benzene rings is 4. The maximum atomic E-state index is 2.60. The van der Waals surface area contributed by atoms with Crippen LogP contribution in [0.25, 0.3) is 10.4 Å². The Morgan fingerprint density at radius 2 is 0.800 bits per heavy atom. The molecule has 0 fully saturated rings. The first kappa shape index (κ1) is 22.1. The van der Waals surface area contributed by atoms with Crippen molar-refractivity contribution < 1.29 is 0 Å². The lowest BCUT2D eigenvalue weighted by Gasteiger charge is -2.28. The molecule has 0 N–H and O–H groups in total. The van der Waals surface area contributed by atoms with Crippen LogP contribution >= 0.6 is 0 Å². The first-order chi connectivity index (χ1) is 17.0. The van der Waals surface area contributed by atoms with E-state index >= 15 is 0 Å². The average molecular weight is 469 g/mol. The highest BCUT2D eigenvalue weighted by Crippen LogP contribution is 2.51. The number of aryl methyl sites for hydroxylation is 2. The summed E-state index contributed by atoms with van der Waals surface area (Å²) in [4.78, 5) is 0. The van der Waals surface area contributed by atoms with Gasteiger partial charge in [0, 0.05) is 11.8 Å². The van der Waals surface area contributed by atoms with Crippen LogP contribution in [0.5, 0.6) is 0 Å². The van der Waals surface area contributed by atoms with Crippen molar-refractivity contribution in [1.82, 2.24) is 0 Å². The third-order valence-electron chi connectivity index (χ3n) is 8.23. The van der Waals surface area contributed by atoms with E-state index in [-0.39, 0.29) is 0 Å².